The largest absolute Gasteiger partial charge is 0.384 e. The zero-order valence-electron chi connectivity index (χ0n) is 9.27. The lowest BCUT2D eigenvalue weighted by Crippen LogP contribution is -2.33. The van der Waals surface area contributed by atoms with Crippen LogP contribution < -0.4 is 0 Å². The first-order valence-electron chi connectivity index (χ1n) is 5.86. The second-order valence-corrected chi connectivity index (χ2v) is 8.09. The van der Waals surface area contributed by atoms with E-state index in [0.717, 1.165) is 22.1 Å². The van der Waals surface area contributed by atoms with Crippen LogP contribution in [0.5, 0.6) is 0 Å². The molecule has 0 saturated heterocycles. The third-order valence-corrected chi connectivity index (χ3v) is 6.10. The van der Waals surface area contributed by atoms with E-state index in [1.54, 1.807) is 6.20 Å². The van der Waals surface area contributed by atoms with Gasteiger partial charge in [-0.3, -0.25) is 0 Å². The van der Waals surface area contributed by atoms with Gasteiger partial charge in [0.25, 0.3) is 0 Å². The molecule has 0 radical (unpaired) electrons. The van der Waals surface area contributed by atoms with E-state index in [-0.39, 0.29) is 0 Å². The minimum absolute atomic E-state index is 0.370. The van der Waals surface area contributed by atoms with Crippen LogP contribution >= 0.6 is 33.9 Å². The quantitative estimate of drug-likeness (QED) is 0.825. The smallest absolute Gasteiger partial charge is 0.124 e. The molecular weight excluding hydrogens is 347 g/mol. The molecule has 2 fully saturated rings. The van der Waals surface area contributed by atoms with E-state index in [0.29, 0.717) is 16.8 Å². The lowest BCUT2D eigenvalue weighted by Gasteiger charge is -2.34. The fourth-order valence-corrected chi connectivity index (χ4v) is 5.07. The average Bonchev–Trinajstić information content (AvgIpc) is 3.02. The highest BCUT2D eigenvalue weighted by Crippen LogP contribution is 2.60. The molecule has 3 nitrogen and oxygen atoms in total. The van der Waals surface area contributed by atoms with Crippen LogP contribution in [-0.2, 0) is 0 Å². The molecule has 0 amide bonds. The molecule has 2 aliphatic carbocycles. The van der Waals surface area contributed by atoms with E-state index < -0.39 is 11.5 Å². The maximum Gasteiger partial charge on any atom is 0.124 e. The zero-order valence-corrected chi connectivity index (χ0v) is 12.2. The third-order valence-electron chi connectivity index (χ3n) is 4.32. The Morgan fingerprint density at radius 1 is 1.65 bits per heavy atom. The molecule has 0 spiro atoms. The van der Waals surface area contributed by atoms with Crippen LogP contribution in [0.4, 0.5) is 0 Å². The molecule has 1 N–H and O–H groups in total. The second kappa shape index (κ2) is 4.18. The lowest BCUT2D eigenvalue weighted by molar-refractivity contribution is 0.0232. The number of nitriles is 1. The van der Waals surface area contributed by atoms with E-state index in [1.165, 1.54) is 17.8 Å². The summed E-state index contributed by atoms with van der Waals surface area (Å²) in [5, 5.41) is 20.8. The van der Waals surface area contributed by atoms with E-state index in [1.807, 2.05) is 0 Å². The molecule has 1 heterocycles. The zero-order chi connectivity index (χ0) is 12.0. The number of rotatable bonds is 2. The minimum atomic E-state index is -0.698. The average molecular weight is 360 g/mol. The fraction of sp³-hybridized carbons (Fsp3) is 0.667. The summed E-state index contributed by atoms with van der Waals surface area (Å²) in [5.41, 5.74) is -0.566. The van der Waals surface area contributed by atoms with Crippen LogP contribution in [0.1, 0.15) is 36.8 Å². The normalized spacial score (nSPS) is 37.0. The van der Waals surface area contributed by atoms with Gasteiger partial charge in [0.05, 0.1) is 20.6 Å². The van der Waals surface area contributed by atoms with Gasteiger partial charge in [0.2, 0.25) is 0 Å². The summed E-state index contributed by atoms with van der Waals surface area (Å²) in [6.07, 6.45) is 5.37. The standard InChI is InChI=1S/C12H13IN2OS/c13-9-5-15-11(17-9)10(16)12(6-14)4-7-1-2-8(12)3-7/h5,7-8,10,16H,1-4H2. The minimum Gasteiger partial charge on any atom is -0.384 e. The van der Waals surface area contributed by atoms with Gasteiger partial charge in [0.15, 0.2) is 0 Å². The van der Waals surface area contributed by atoms with Gasteiger partial charge >= 0.3 is 0 Å². The number of fused-ring (bicyclic) bond motifs is 2. The van der Waals surface area contributed by atoms with Crippen molar-refractivity contribution >= 4 is 33.9 Å². The number of halogens is 1. The van der Waals surface area contributed by atoms with Crippen molar-refractivity contribution < 1.29 is 5.11 Å². The molecule has 5 heteroatoms. The summed E-state index contributed by atoms with van der Waals surface area (Å²) >= 11 is 3.70. The topological polar surface area (TPSA) is 56.9 Å². The summed E-state index contributed by atoms with van der Waals surface area (Å²) in [5.74, 6) is 1.02. The molecule has 1 aromatic heterocycles. The van der Waals surface area contributed by atoms with Crippen molar-refractivity contribution in [2.24, 2.45) is 17.3 Å². The van der Waals surface area contributed by atoms with Gasteiger partial charge in [-0.25, -0.2) is 4.98 Å². The van der Waals surface area contributed by atoms with Crippen molar-refractivity contribution in [1.82, 2.24) is 4.98 Å². The van der Waals surface area contributed by atoms with Gasteiger partial charge < -0.3 is 5.11 Å². The Kier molecular flexibility index (Phi) is 2.92. The van der Waals surface area contributed by atoms with Crippen LogP contribution in [0, 0.1) is 31.5 Å². The Balaban J connectivity index is 1.94. The Labute approximate surface area is 118 Å². The summed E-state index contributed by atoms with van der Waals surface area (Å²) in [6.45, 7) is 0. The van der Waals surface area contributed by atoms with E-state index in [2.05, 4.69) is 33.6 Å². The monoisotopic (exact) mass is 360 g/mol. The van der Waals surface area contributed by atoms with Crippen molar-refractivity contribution in [1.29, 1.82) is 5.26 Å². The third kappa shape index (κ3) is 1.72. The predicted octanol–water partition coefficient (Wildman–Crippen LogP) is 3.11. The van der Waals surface area contributed by atoms with E-state index in [4.69, 9.17) is 0 Å². The highest BCUT2D eigenvalue weighted by Gasteiger charge is 2.56. The summed E-state index contributed by atoms with van der Waals surface area (Å²) < 4.78 is 1.06. The first-order chi connectivity index (χ1) is 8.15. The van der Waals surface area contributed by atoms with Crippen LogP contribution in [0.3, 0.4) is 0 Å². The molecule has 4 atom stereocenters. The maximum absolute atomic E-state index is 10.5. The van der Waals surface area contributed by atoms with Crippen LogP contribution in [0.25, 0.3) is 0 Å². The van der Waals surface area contributed by atoms with Crippen molar-refractivity contribution in [3.63, 3.8) is 0 Å². The second-order valence-electron chi connectivity index (χ2n) is 5.14. The van der Waals surface area contributed by atoms with Gasteiger partial charge in [-0.05, 0) is 53.7 Å². The first-order valence-corrected chi connectivity index (χ1v) is 7.76. The Morgan fingerprint density at radius 2 is 2.47 bits per heavy atom. The molecule has 2 saturated carbocycles. The molecule has 4 unspecified atom stereocenters. The number of hydrogen-bond acceptors (Lipinski definition) is 4. The van der Waals surface area contributed by atoms with Gasteiger partial charge in [-0.15, -0.1) is 11.3 Å². The number of aliphatic hydroxyl groups is 1. The molecule has 2 bridgehead atoms. The maximum atomic E-state index is 10.5. The molecular formula is C12H13IN2OS. The Morgan fingerprint density at radius 3 is 2.94 bits per heavy atom. The Hall–Kier alpha value is -0.190. The highest BCUT2D eigenvalue weighted by molar-refractivity contribution is 14.1. The Bertz CT molecular complexity index is 483. The molecule has 3 rings (SSSR count). The molecule has 17 heavy (non-hydrogen) atoms. The number of hydrogen-bond donors (Lipinski definition) is 1. The number of nitrogens with zero attached hydrogens (tertiary/aromatic N) is 2. The van der Waals surface area contributed by atoms with Crippen LogP contribution in [0.2, 0.25) is 0 Å². The lowest BCUT2D eigenvalue weighted by atomic mass is 9.70. The fourth-order valence-electron chi connectivity index (χ4n) is 3.52. The van der Waals surface area contributed by atoms with Gasteiger partial charge in [0, 0.05) is 0 Å². The molecule has 0 aromatic carbocycles. The predicted molar refractivity (Wildman–Crippen MR) is 73.3 cm³/mol. The van der Waals surface area contributed by atoms with Gasteiger partial charge in [0.1, 0.15) is 11.1 Å². The number of aliphatic hydroxyl groups excluding tert-OH is 1. The van der Waals surface area contributed by atoms with Crippen LogP contribution in [-0.4, -0.2) is 10.1 Å². The van der Waals surface area contributed by atoms with Gasteiger partial charge in [-0.2, -0.15) is 5.26 Å². The van der Waals surface area contributed by atoms with Gasteiger partial charge in [-0.1, -0.05) is 6.42 Å². The number of thiazole rings is 1. The van der Waals surface area contributed by atoms with Crippen molar-refractivity contribution in [2.45, 2.75) is 31.8 Å². The molecule has 90 valence electrons. The summed E-state index contributed by atoms with van der Waals surface area (Å²) in [6, 6.07) is 2.43. The summed E-state index contributed by atoms with van der Waals surface area (Å²) in [7, 11) is 0. The number of aromatic nitrogens is 1. The molecule has 0 aliphatic heterocycles. The van der Waals surface area contributed by atoms with Crippen molar-refractivity contribution in [2.75, 3.05) is 0 Å². The van der Waals surface area contributed by atoms with Crippen molar-refractivity contribution in [3.8, 4) is 6.07 Å². The van der Waals surface area contributed by atoms with Crippen LogP contribution in [0.15, 0.2) is 6.20 Å². The first kappa shape index (κ1) is 11.9. The summed E-state index contributed by atoms with van der Waals surface area (Å²) in [4.78, 5) is 4.25. The molecule has 1 aromatic rings. The van der Waals surface area contributed by atoms with E-state index >= 15 is 0 Å². The molecule has 2 aliphatic rings. The van der Waals surface area contributed by atoms with E-state index in [9.17, 15) is 10.4 Å². The SMILES string of the molecule is N#CC1(C(O)c2ncc(I)s2)CC2CCC1C2. The highest BCUT2D eigenvalue weighted by atomic mass is 127. The van der Waals surface area contributed by atoms with Crippen molar-refractivity contribution in [3.05, 3.63) is 14.1 Å².